The first kappa shape index (κ1) is 14.2. The maximum atomic E-state index is 12.4. The van der Waals surface area contributed by atoms with Gasteiger partial charge >= 0.3 is 0 Å². The van der Waals surface area contributed by atoms with Gasteiger partial charge in [-0.3, -0.25) is 5.10 Å². The number of aryl methyl sites for hydroxylation is 1. The fourth-order valence-electron chi connectivity index (χ4n) is 2.38. The van der Waals surface area contributed by atoms with Crippen molar-refractivity contribution in [2.45, 2.75) is 30.2 Å². The lowest BCUT2D eigenvalue weighted by Gasteiger charge is -2.36. The van der Waals surface area contributed by atoms with Crippen molar-refractivity contribution < 1.29 is 12.9 Å². The molecule has 0 amide bonds. The number of hydrogen-bond donors (Lipinski definition) is 2. The summed E-state index contributed by atoms with van der Waals surface area (Å²) in [6, 6.07) is 0. The first-order valence-electron chi connectivity index (χ1n) is 6.50. The molecule has 114 valence electrons. The standard InChI is InChI=1S/C11H16N6O3S/c1-8-15-10(16-20-8)11(12)2-4-17(5-3-11)21(18,19)9-6-13-14-7-9/h6-7H,2-5,12H2,1H3,(H,13,14). The van der Waals surface area contributed by atoms with Gasteiger partial charge in [0.15, 0.2) is 5.82 Å². The summed E-state index contributed by atoms with van der Waals surface area (Å²) in [6.45, 7) is 2.30. The zero-order chi connectivity index (χ0) is 15.1. The van der Waals surface area contributed by atoms with Crippen LogP contribution in [0.5, 0.6) is 0 Å². The Hall–Kier alpha value is -1.78. The topological polar surface area (TPSA) is 131 Å². The number of aromatic amines is 1. The number of H-pyrrole nitrogens is 1. The monoisotopic (exact) mass is 312 g/mol. The third-order valence-corrected chi connectivity index (χ3v) is 5.56. The van der Waals surface area contributed by atoms with E-state index in [1.54, 1.807) is 6.92 Å². The van der Waals surface area contributed by atoms with E-state index in [4.69, 9.17) is 10.3 Å². The molecule has 3 heterocycles. The molecule has 0 radical (unpaired) electrons. The Bertz CT molecular complexity index is 715. The molecular weight excluding hydrogens is 296 g/mol. The third-order valence-electron chi connectivity index (χ3n) is 3.70. The maximum Gasteiger partial charge on any atom is 0.246 e. The molecule has 0 unspecified atom stereocenters. The van der Waals surface area contributed by atoms with E-state index in [-0.39, 0.29) is 4.90 Å². The fraction of sp³-hybridized carbons (Fsp3) is 0.545. The van der Waals surface area contributed by atoms with E-state index in [0.29, 0.717) is 37.6 Å². The summed E-state index contributed by atoms with van der Waals surface area (Å²) in [4.78, 5) is 4.31. The minimum absolute atomic E-state index is 0.155. The number of aromatic nitrogens is 4. The fourth-order valence-corrected chi connectivity index (χ4v) is 3.73. The Morgan fingerprint density at radius 1 is 1.43 bits per heavy atom. The van der Waals surface area contributed by atoms with Crippen molar-refractivity contribution in [1.29, 1.82) is 0 Å². The molecule has 1 aliphatic heterocycles. The van der Waals surface area contributed by atoms with E-state index in [1.165, 1.54) is 16.7 Å². The van der Waals surface area contributed by atoms with Crippen molar-refractivity contribution in [2.75, 3.05) is 13.1 Å². The normalized spacial score (nSPS) is 19.7. The van der Waals surface area contributed by atoms with Gasteiger partial charge in [-0.15, -0.1) is 0 Å². The van der Waals surface area contributed by atoms with E-state index in [0.717, 1.165) is 0 Å². The van der Waals surface area contributed by atoms with Crippen LogP contribution in [-0.2, 0) is 15.6 Å². The molecule has 9 nitrogen and oxygen atoms in total. The highest BCUT2D eigenvalue weighted by atomic mass is 32.2. The third kappa shape index (κ3) is 2.45. The largest absolute Gasteiger partial charge is 0.340 e. The summed E-state index contributed by atoms with van der Waals surface area (Å²) in [6.07, 6.45) is 3.52. The molecule has 1 fully saturated rings. The van der Waals surface area contributed by atoms with Crippen molar-refractivity contribution in [3.8, 4) is 0 Å². The highest BCUT2D eigenvalue weighted by Gasteiger charge is 2.40. The molecule has 3 rings (SSSR count). The Morgan fingerprint density at radius 3 is 2.67 bits per heavy atom. The molecule has 0 bridgehead atoms. The number of sulfonamides is 1. The first-order chi connectivity index (χ1) is 9.92. The summed E-state index contributed by atoms with van der Waals surface area (Å²) in [5.74, 6) is 0.878. The van der Waals surface area contributed by atoms with Crippen LogP contribution in [0.1, 0.15) is 24.6 Å². The average molecular weight is 312 g/mol. The van der Waals surface area contributed by atoms with Crippen molar-refractivity contribution in [3.63, 3.8) is 0 Å². The van der Waals surface area contributed by atoms with Crippen molar-refractivity contribution in [3.05, 3.63) is 24.1 Å². The van der Waals surface area contributed by atoms with Gasteiger partial charge in [0.05, 0.1) is 11.7 Å². The Kier molecular flexibility index (Phi) is 3.30. The van der Waals surface area contributed by atoms with Gasteiger partial charge in [0.2, 0.25) is 15.9 Å². The van der Waals surface area contributed by atoms with E-state index in [9.17, 15) is 8.42 Å². The van der Waals surface area contributed by atoms with Crippen LogP contribution in [0.15, 0.2) is 21.8 Å². The van der Waals surface area contributed by atoms with E-state index in [1.807, 2.05) is 0 Å². The molecule has 2 aromatic heterocycles. The predicted molar refractivity (Wildman–Crippen MR) is 71.5 cm³/mol. The molecule has 0 aromatic carbocycles. The van der Waals surface area contributed by atoms with Crippen molar-refractivity contribution in [1.82, 2.24) is 24.6 Å². The van der Waals surface area contributed by atoms with Gasteiger partial charge in [0.1, 0.15) is 4.90 Å². The molecular formula is C11H16N6O3S. The highest BCUT2D eigenvalue weighted by molar-refractivity contribution is 7.89. The van der Waals surface area contributed by atoms with Gasteiger partial charge in [-0.25, -0.2) is 8.42 Å². The molecule has 0 spiro atoms. The second-order valence-corrected chi connectivity index (χ2v) is 7.07. The highest BCUT2D eigenvalue weighted by Crippen LogP contribution is 2.30. The van der Waals surface area contributed by atoms with Gasteiger partial charge in [-0.2, -0.15) is 14.4 Å². The average Bonchev–Trinajstić information content (AvgIpc) is 3.10. The Labute approximate surface area is 121 Å². The number of nitrogens with zero attached hydrogens (tertiary/aromatic N) is 4. The van der Waals surface area contributed by atoms with Gasteiger partial charge in [-0.05, 0) is 12.8 Å². The number of nitrogens with one attached hydrogen (secondary N) is 1. The molecule has 1 aliphatic rings. The lowest BCUT2D eigenvalue weighted by Crippen LogP contribution is -2.50. The van der Waals surface area contributed by atoms with E-state index >= 15 is 0 Å². The molecule has 1 saturated heterocycles. The van der Waals surface area contributed by atoms with Crippen molar-refractivity contribution >= 4 is 10.0 Å². The molecule has 0 atom stereocenters. The van der Waals surface area contributed by atoms with Crippen LogP contribution in [0, 0.1) is 6.92 Å². The zero-order valence-corrected chi connectivity index (χ0v) is 12.3. The van der Waals surface area contributed by atoms with E-state index < -0.39 is 15.6 Å². The van der Waals surface area contributed by atoms with Crippen LogP contribution in [0.3, 0.4) is 0 Å². The van der Waals surface area contributed by atoms with Crippen molar-refractivity contribution in [2.24, 2.45) is 5.73 Å². The van der Waals surface area contributed by atoms with Crippen LogP contribution in [0.4, 0.5) is 0 Å². The molecule has 10 heteroatoms. The molecule has 21 heavy (non-hydrogen) atoms. The summed E-state index contributed by atoms with van der Waals surface area (Å²) in [5.41, 5.74) is 5.54. The summed E-state index contributed by atoms with van der Waals surface area (Å²) >= 11 is 0. The van der Waals surface area contributed by atoms with Crippen LogP contribution >= 0.6 is 0 Å². The lowest BCUT2D eigenvalue weighted by atomic mass is 9.89. The second kappa shape index (κ2) is 4.90. The minimum atomic E-state index is -3.53. The van der Waals surface area contributed by atoms with Crippen LogP contribution < -0.4 is 5.73 Å². The van der Waals surface area contributed by atoms with Crippen LogP contribution in [-0.4, -0.2) is 46.2 Å². The zero-order valence-electron chi connectivity index (χ0n) is 11.5. The minimum Gasteiger partial charge on any atom is -0.340 e. The summed E-state index contributed by atoms with van der Waals surface area (Å²) in [7, 11) is -3.53. The number of piperidine rings is 1. The van der Waals surface area contributed by atoms with Gasteiger partial charge in [0, 0.05) is 26.2 Å². The predicted octanol–water partition coefficient (Wildman–Crippen LogP) is -0.260. The SMILES string of the molecule is Cc1nc(C2(N)CCN(S(=O)(=O)c3cn[nH]c3)CC2)no1. The van der Waals surface area contributed by atoms with Crippen LogP contribution in [0.25, 0.3) is 0 Å². The number of hydrogen-bond acceptors (Lipinski definition) is 7. The summed E-state index contributed by atoms with van der Waals surface area (Å²) in [5, 5.41) is 10.0. The quantitative estimate of drug-likeness (QED) is 0.798. The lowest BCUT2D eigenvalue weighted by molar-refractivity contribution is 0.222. The van der Waals surface area contributed by atoms with Gasteiger partial charge in [0.25, 0.3) is 0 Å². The van der Waals surface area contributed by atoms with Gasteiger partial charge < -0.3 is 10.3 Å². The maximum absolute atomic E-state index is 12.4. The van der Waals surface area contributed by atoms with Crippen LogP contribution in [0.2, 0.25) is 0 Å². The van der Waals surface area contributed by atoms with E-state index in [2.05, 4.69) is 20.3 Å². The molecule has 0 aliphatic carbocycles. The second-order valence-electron chi connectivity index (χ2n) is 5.13. The smallest absolute Gasteiger partial charge is 0.246 e. The summed E-state index contributed by atoms with van der Waals surface area (Å²) < 4.78 is 31.1. The number of rotatable bonds is 3. The number of nitrogens with two attached hydrogens (primary N) is 1. The van der Waals surface area contributed by atoms with Gasteiger partial charge in [-0.1, -0.05) is 5.16 Å². The first-order valence-corrected chi connectivity index (χ1v) is 7.94. The molecule has 3 N–H and O–H groups in total. The molecule has 0 saturated carbocycles. The molecule has 2 aromatic rings. The Balaban J connectivity index is 1.76. The Morgan fingerprint density at radius 2 is 2.14 bits per heavy atom.